The number of hydrogen-bond donors (Lipinski definition) is 0. The Morgan fingerprint density at radius 3 is 1.36 bits per heavy atom. The Hall–Kier alpha value is -3.28. The van der Waals surface area contributed by atoms with Gasteiger partial charge in [0.1, 0.15) is 0 Å². The van der Waals surface area contributed by atoms with E-state index < -0.39 is 23.4 Å². The number of benzene rings is 2. The van der Waals surface area contributed by atoms with Crippen LogP contribution in [0.4, 0.5) is 11.4 Å². The van der Waals surface area contributed by atoms with Crippen LogP contribution in [0.25, 0.3) is 0 Å². The summed E-state index contributed by atoms with van der Waals surface area (Å²) in [6.07, 6.45) is 3.29. The molecule has 0 fully saturated rings. The number of amides is 2. The Bertz CT molecular complexity index is 903. The molecule has 6 nitrogen and oxygen atoms in total. The lowest BCUT2D eigenvalue weighted by atomic mass is 10.1. The number of para-hydroxylation sites is 2. The zero-order valence-electron chi connectivity index (χ0n) is 15.4. The van der Waals surface area contributed by atoms with Gasteiger partial charge in [-0.3, -0.25) is 19.2 Å². The van der Waals surface area contributed by atoms with Gasteiger partial charge in [0.25, 0.3) is 23.4 Å². The van der Waals surface area contributed by atoms with Crippen molar-refractivity contribution < 1.29 is 19.2 Å². The highest BCUT2D eigenvalue weighted by atomic mass is 16.2. The molecule has 0 spiro atoms. The van der Waals surface area contributed by atoms with Crippen molar-refractivity contribution >= 4 is 34.8 Å². The Kier molecular flexibility index (Phi) is 4.77. The molecule has 0 atom stereocenters. The van der Waals surface area contributed by atoms with Gasteiger partial charge in [-0.05, 0) is 37.1 Å². The van der Waals surface area contributed by atoms with Gasteiger partial charge in [-0.1, -0.05) is 37.1 Å². The predicted molar refractivity (Wildman–Crippen MR) is 105 cm³/mol. The van der Waals surface area contributed by atoms with Gasteiger partial charge < -0.3 is 9.80 Å². The maximum absolute atomic E-state index is 12.1. The molecule has 2 aliphatic rings. The van der Waals surface area contributed by atoms with Crippen molar-refractivity contribution in [3.8, 4) is 0 Å². The van der Waals surface area contributed by atoms with Gasteiger partial charge in [-0.15, -0.1) is 0 Å². The quantitative estimate of drug-likeness (QED) is 0.550. The lowest BCUT2D eigenvalue weighted by Gasteiger charge is -2.17. The average Bonchev–Trinajstić information content (AvgIpc) is 3.11. The van der Waals surface area contributed by atoms with Crippen LogP contribution in [0.2, 0.25) is 0 Å². The third-order valence-electron chi connectivity index (χ3n) is 5.27. The smallest absolute Gasteiger partial charge is 0.299 e. The van der Waals surface area contributed by atoms with Gasteiger partial charge in [0.05, 0.1) is 22.5 Å². The first-order valence-electron chi connectivity index (χ1n) is 9.50. The molecule has 2 aliphatic heterocycles. The molecule has 6 heteroatoms. The second-order valence-electron chi connectivity index (χ2n) is 7.02. The Morgan fingerprint density at radius 1 is 0.536 bits per heavy atom. The minimum Gasteiger partial charge on any atom is -0.305 e. The summed E-state index contributed by atoms with van der Waals surface area (Å²) >= 11 is 0. The van der Waals surface area contributed by atoms with Crippen molar-refractivity contribution in [3.05, 3.63) is 59.7 Å². The monoisotopic (exact) mass is 376 g/mol. The van der Waals surface area contributed by atoms with E-state index in [0.29, 0.717) is 35.6 Å². The SMILES string of the molecule is O=C1C(=O)N(CCCCCCN2C(=O)C(=O)c3ccccc32)c2ccccc21. The van der Waals surface area contributed by atoms with Crippen LogP contribution < -0.4 is 9.80 Å². The molecular weight excluding hydrogens is 356 g/mol. The van der Waals surface area contributed by atoms with Crippen molar-refractivity contribution in [2.45, 2.75) is 25.7 Å². The lowest BCUT2D eigenvalue weighted by molar-refractivity contribution is -0.115. The van der Waals surface area contributed by atoms with Crippen molar-refractivity contribution in [1.29, 1.82) is 0 Å². The first kappa shape index (κ1) is 18.1. The highest BCUT2D eigenvalue weighted by molar-refractivity contribution is 6.52. The number of hydrogen-bond acceptors (Lipinski definition) is 4. The van der Waals surface area contributed by atoms with E-state index >= 15 is 0 Å². The van der Waals surface area contributed by atoms with Crippen molar-refractivity contribution in [2.75, 3.05) is 22.9 Å². The minimum atomic E-state index is -0.459. The molecule has 0 aliphatic carbocycles. The predicted octanol–water partition coefficient (Wildman–Crippen LogP) is 3.01. The summed E-state index contributed by atoms with van der Waals surface area (Å²) in [5.74, 6) is -1.80. The van der Waals surface area contributed by atoms with Gasteiger partial charge in [-0.25, -0.2) is 0 Å². The average molecular weight is 376 g/mol. The third kappa shape index (κ3) is 3.01. The Labute approximate surface area is 162 Å². The number of nitrogens with zero attached hydrogens (tertiary/aromatic N) is 2. The first-order valence-corrected chi connectivity index (χ1v) is 9.50. The maximum atomic E-state index is 12.1. The van der Waals surface area contributed by atoms with Crippen LogP contribution in [0.5, 0.6) is 0 Å². The van der Waals surface area contributed by atoms with E-state index in [0.717, 1.165) is 25.7 Å². The highest BCUT2D eigenvalue weighted by Crippen LogP contribution is 2.30. The second kappa shape index (κ2) is 7.38. The van der Waals surface area contributed by atoms with Crippen LogP contribution in [0, 0.1) is 0 Å². The van der Waals surface area contributed by atoms with E-state index in [1.165, 1.54) is 0 Å². The van der Waals surface area contributed by atoms with Crippen LogP contribution in [0.15, 0.2) is 48.5 Å². The molecule has 0 aromatic heterocycles. The van der Waals surface area contributed by atoms with Crippen LogP contribution in [0.3, 0.4) is 0 Å². The number of carbonyl (C=O) groups is 4. The number of anilines is 2. The minimum absolute atomic E-state index is 0.438. The molecular formula is C22H20N2O4. The zero-order chi connectivity index (χ0) is 19.7. The molecule has 0 saturated heterocycles. The molecule has 142 valence electrons. The topological polar surface area (TPSA) is 74.8 Å². The van der Waals surface area contributed by atoms with E-state index in [1.54, 1.807) is 46.2 Å². The highest BCUT2D eigenvalue weighted by Gasteiger charge is 2.35. The summed E-state index contributed by atoms with van der Waals surface area (Å²) in [6, 6.07) is 14.1. The van der Waals surface area contributed by atoms with Crippen LogP contribution in [-0.2, 0) is 9.59 Å². The summed E-state index contributed by atoms with van der Waals surface area (Å²) in [4.78, 5) is 51.4. The van der Waals surface area contributed by atoms with Gasteiger partial charge >= 0.3 is 0 Å². The van der Waals surface area contributed by atoms with E-state index in [9.17, 15) is 19.2 Å². The zero-order valence-corrected chi connectivity index (χ0v) is 15.4. The molecule has 0 saturated carbocycles. The number of unbranched alkanes of at least 4 members (excludes halogenated alkanes) is 3. The van der Waals surface area contributed by atoms with Crippen molar-refractivity contribution in [3.63, 3.8) is 0 Å². The summed E-state index contributed by atoms with van der Waals surface area (Å²) in [5, 5.41) is 0. The summed E-state index contributed by atoms with van der Waals surface area (Å²) in [5.41, 5.74) is 2.33. The normalized spacial score (nSPS) is 15.4. The van der Waals surface area contributed by atoms with Gasteiger partial charge in [0.2, 0.25) is 0 Å². The third-order valence-corrected chi connectivity index (χ3v) is 5.27. The summed E-state index contributed by atoms with van der Waals surface area (Å²) in [6.45, 7) is 1.01. The van der Waals surface area contributed by atoms with Gasteiger partial charge in [0.15, 0.2) is 0 Å². The molecule has 2 amide bonds. The Balaban J connectivity index is 1.25. The number of carbonyl (C=O) groups excluding carboxylic acids is 4. The van der Waals surface area contributed by atoms with Crippen molar-refractivity contribution in [1.82, 2.24) is 0 Å². The number of ketones is 2. The second-order valence-corrected chi connectivity index (χ2v) is 7.02. The van der Waals surface area contributed by atoms with Gasteiger partial charge in [-0.2, -0.15) is 0 Å². The molecule has 0 unspecified atom stereocenters. The van der Waals surface area contributed by atoms with Crippen LogP contribution in [0.1, 0.15) is 46.4 Å². The number of fused-ring (bicyclic) bond motifs is 2. The van der Waals surface area contributed by atoms with E-state index in [-0.39, 0.29) is 0 Å². The molecule has 4 rings (SSSR count). The van der Waals surface area contributed by atoms with Crippen LogP contribution >= 0.6 is 0 Å². The standard InChI is InChI=1S/C22H20N2O4/c25-19-15-9-3-5-11-17(15)23(21(19)27)13-7-1-2-8-14-24-18-12-6-4-10-16(18)20(26)22(24)28/h3-6,9-12H,1-2,7-8,13-14H2. The Morgan fingerprint density at radius 2 is 0.929 bits per heavy atom. The summed E-state index contributed by atoms with van der Waals surface area (Å²) in [7, 11) is 0. The maximum Gasteiger partial charge on any atom is 0.299 e. The number of Topliss-reactive ketones (excluding diaryl/α,β-unsaturated/α-hetero) is 2. The first-order chi connectivity index (χ1) is 13.6. The molecule has 0 bridgehead atoms. The molecule has 28 heavy (non-hydrogen) atoms. The fraction of sp³-hybridized carbons (Fsp3) is 0.273. The van der Waals surface area contributed by atoms with E-state index in [2.05, 4.69) is 0 Å². The van der Waals surface area contributed by atoms with E-state index in [1.807, 2.05) is 12.1 Å². The fourth-order valence-corrected chi connectivity index (χ4v) is 3.83. The molecule has 2 aromatic rings. The molecule has 2 aromatic carbocycles. The lowest BCUT2D eigenvalue weighted by Crippen LogP contribution is -2.31. The van der Waals surface area contributed by atoms with E-state index in [4.69, 9.17) is 0 Å². The number of rotatable bonds is 7. The van der Waals surface area contributed by atoms with Crippen molar-refractivity contribution in [2.24, 2.45) is 0 Å². The molecule has 0 N–H and O–H groups in total. The molecule has 2 heterocycles. The molecule has 0 radical (unpaired) electrons. The van der Waals surface area contributed by atoms with Crippen LogP contribution in [-0.4, -0.2) is 36.5 Å². The van der Waals surface area contributed by atoms with Gasteiger partial charge in [0, 0.05) is 13.1 Å². The summed E-state index contributed by atoms with van der Waals surface area (Å²) < 4.78 is 0. The fourth-order valence-electron chi connectivity index (χ4n) is 3.83. The largest absolute Gasteiger partial charge is 0.305 e.